The normalized spacial score (nSPS) is 27.9. The van der Waals surface area contributed by atoms with Crippen LogP contribution in [0.5, 0.6) is 0 Å². The maximum atomic E-state index is 13.3. The van der Waals surface area contributed by atoms with E-state index in [1.54, 1.807) is 0 Å². The van der Waals surface area contributed by atoms with Gasteiger partial charge in [0.1, 0.15) is 12.6 Å². The summed E-state index contributed by atoms with van der Waals surface area (Å²) in [4.78, 5) is 41.5. The Hall–Kier alpha value is -1.87. The Morgan fingerprint density at radius 2 is 1.90 bits per heavy atom. The smallest absolute Gasteiger partial charge is 0.315 e. The monoisotopic (exact) mass is 409 g/mol. The Kier molecular flexibility index (Phi) is 7.34. The first-order chi connectivity index (χ1) is 13.9. The van der Waals surface area contributed by atoms with Gasteiger partial charge < -0.3 is 25.6 Å². The molecule has 3 N–H and O–H groups in total. The first-order valence-electron chi connectivity index (χ1n) is 10.8. The predicted molar refractivity (Wildman–Crippen MR) is 108 cm³/mol. The standard InChI is InChI=1S/C20H35N5O4/c1-13(2)22-20(28)23-14-8-16-11-24(15-6-4-5-7-15)17(19(27)25(16)10-14)9-21-18(26)12-29-3/h13-17H,4-12H2,1-3H3,(H,21,26)(H2,22,23,28)/t14-,16-,17-/m0/s1. The van der Waals surface area contributed by atoms with Gasteiger partial charge in [-0.1, -0.05) is 12.8 Å². The van der Waals surface area contributed by atoms with Crippen LogP contribution in [0.25, 0.3) is 0 Å². The summed E-state index contributed by atoms with van der Waals surface area (Å²) in [6, 6.07) is -0.0136. The van der Waals surface area contributed by atoms with Crippen molar-refractivity contribution >= 4 is 17.8 Å². The summed E-state index contributed by atoms with van der Waals surface area (Å²) in [7, 11) is 1.48. The average Bonchev–Trinajstić information content (AvgIpc) is 3.29. The second-order valence-electron chi connectivity index (χ2n) is 8.74. The van der Waals surface area contributed by atoms with Crippen molar-refractivity contribution in [1.29, 1.82) is 0 Å². The van der Waals surface area contributed by atoms with Crippen LogP contribution in [0.15, 0.2) is 0 Å². The van der Waals surface area contributed by atoms with Crippen LogP contribution in [0.4, 0.5) is 4.79 Å². The molecule has 0 aromatic heterocycles. The molecule has 0 spiro atoms. The molecule has 0 bridgehead atoms. The van der Waals surface area contributed by atoms with Crippen LogP contribution >= 0.6 is 0 Å². The number of nitrogens with one attached hydrogen (secondary N) is 3. The third-order valence-electron chi connectivity index (χ3n) is 6.12. The molecule has 1 saturated carbocycles. The number of carbonyl (C=O) groups excluding carboxylic acids is 3. The van der Waals surface area contributed by atoms with Gasteiger partial charge in [-0.15, -0.1) is 0 Å². The molecule has 9 nitrogen and oxygen atoms in total. The summed E-state index contributed by atoms with van der Waals surface area (Å²) >= 11 is 0. The van der Waals surface area contributed by atoms with E-state index in [9.17, 15) is 14.4 Å². The van der Waals surface area contributed by atoms with E-state index in [0.29, 0.717) is 19.1 Å². The molecule has 2 saturated heterocycles. The van der Waals surface area contributed by atoms with Crippen molar-refractivity contribution in [3.63, 3.8) is 0 Å². The SMILES string of the molecule is COCC(=O)NC[C@H]1C(=O)N2C[C@@H](NC(=O)NC(C)C)C[C@H]2CN1C1CCCC1. The highest BCUT2D eigenvalue weighted by atomic mass is 16.5. The second-order valence-corrected chi connectivity index (χ2v) is 8.74. The zero-order chi connectivity index (χ0) is 21.0. The zero-order valence-corrected chi connectivity index (χ0v) is 17.8. The number of fused-ring (bicyclic) bond motifs is 1. The highest BCUT2D eigenvalue weighted by Crippen LogP contribution is 2.32. The van der Waals surface area contributed by atoms with Crippen LogP contribution in [-0.2, 0) is 14.3 Å². The molecule has 0 unspecified atom stereocenters. The van der Waals surface area contributed by atoms with Gasteiger partial charge in [0.25, 0.3) is 0 Å². The van der Waals surface area contributed by atoms with Gasteiger partial charge >= 0.3 is 6.03 Å². The third kappa shape index (κ3) is 5.39. The Bertz CT molecular complexity index is 608. The molecule has 1 aliphatic carbocycles. The minimum Gasteiger partial charge on any atom is -0.375 e. The molecule has 4 amide bonds. The summed E-state index contributed by atoms with van der Waals surface area (Å²) in [5.74, 6) is -0.153. The Balaban J connectivity index is 1.66. The molecule has 164 valence electrons. The summed E-state index contributed by atoms with van der Waals surface area (Å²) in [5, 5.41) is 8.70. The quantitative estimate of drug-likeness (QED) is 0.552. The molecule has 3 aliphatic rings. The maximum Gasteiger partial charge on any atom is 0.315 e. The number of nitrogens with zero attached hydrogens (tertiary/aromatic N) is 2. The fourth-order valence-electron chi connectivity index (χ4n) is 4.89. The van der Waals surface area contributed by atoms with E-state index in [1.165, 1.54) is 20.0 Å². The van der Waals surface area contributed by atoms with Crippen LogP contribution in [-0.4, -0.2) is 91.2 Å². The number of urea groups is 1. The summed E-state index contributed by atoms with van der Waals surface area (Å²) in [5.41, 5.74) is 0. The van der Waals surface area contributed by atoms with E-state index in [4.69, 9.17) is 4.74 Å². The van der Waals surface area contributed by atoms with Crippen molar-refractivity contribution in [3.05, 3.63) is 0 Å². The molecule has 0 aromatic rings. The van der Waals surface area contributed by atoms with Crippen molar-refractivity contribution in [1.82, 2.24) is 25.8 Å². The van der Waals surface area contributed by atoms with E-state index in [2.05, 4.69) is 20.9 Å². The van der Waals surface area contributed by atoms with Crippen LogP contribution in [0, 0.1) is 0 Å². The van der Waals surface area contributed by atoms with E-state index in [1.807, 2.05) is 18.7 Å². The van der Waals surface area contributed by atoms with Gasteiger partial charge in [0, 0.05) is 44.9 Å². The molecule has 29 heavy (non-hydrogen) atoms. The lowest BCUT2D eigenvalue weighted by molar-refractivity contribution is -0.145. The zero-order valence-electron chi connectivity index (χ0n) is 17.8. The number of ether oxygens (including phenoxy) is 1. The average molecular weight is 410 g/mol. The van der Waals surface area contributed by atoms with Crippen LogP contribution in [0.1, 0.15) is 46.0 Å². The number of hydrogen-bond acceptors (Lipinski definition) is 5. The first kappa shape index (κ1) is 21.8. The van der Waals surface area contributed by atoms with Gasteiger partial charge in [-0.2, -0.15) is 0 Å². The van der Waals surface area contributed by atoms with Gasteiger partial charge in [-0.05, 0) is 33.1 Å². The van der Waals surface area contributed by atoms with Gasteiger partial charge in [-0.25, -0.2) is 4.79 Å². The number of rotatable bonds is 7. The van der Waals surface area contributed by atoms with Crippen molar-refractivity contribution < 1.29 is 19.1 Å². The number of methoxy groups -OCH3 is 1. The van der Waals surface area contributed by atoms with Crippen LogP contribution in [0.3, 0.4) is 0 Å². The Labute approximate surface area is 172 Å². The highest BCUT2D eigenvalue weighted by Gasteiger charge is 2.47. The van der Waals surface area contributed by atoms with E-state index in [-0.39, 0.29) is 48.6 Å². The summed E-state index contributed by atoms with van der Waals surface area (Å²) in [6.07, 6.45) is 5.34. The molecule has 0 radical (unpaired) electrons. The van der Waals surface area contributed by atoms with Crippen molar-refractivity contribution in [3.8, 4) is 0 Å². The fourth-order valence-corrected chi connectivity index (χ4v) is 4.89. The van der Waals surface area contributed by atoms with Crippen molar-refractivity contribution in [2.45, 2.75) is 76.2 Å². The topological polar surface area (TPSA) is 103 Å². The van der Waals surface area contributed by atoms with Crippen LogP contribution in [0.2, 0.25) is 0 Å². The minimum atomic E-state index is -0.349. The number of hydrogen-bond donors (Lipinski definition) is 3. The highest BCUT2D eigenvalue weighted by molar-refractivity contribution is 5.85. The van der Waals surface area contributed by atoms with Crippen LogP contribution < -0.4 is 16.0 Å². The Morgan fingerprint density at radius 1 is 1.17 bits per heavy atom. The number of amides is 4. The summed E-state index contributed by atoms with van der Waals surface area (Å²) in [6.45, 7) is 5.45. The Morgan fingerprint density at radius 3 is 2.55 bits per heavy atom. The van der Waals surface area contributed by atoms with Crippen molar-refractivity contribution in [2.24, 2.45) is 0 Å². The van der Waals surface area contributed by atoms with Gasteiger partial charge in [0.15, 0.2) is 0 Å². The van der Waals surface area contributed by atoms with E-state index < -0.39 is 0 Å². The maximum absolute atomic E-state index is 13.3. The van der Waals surface area contributed by atoms with E-state index >= 15 is 0 Å². The predicted octanol–water partition coefficient (Wildman–Crippen LogP) is 0.0529. The van der Waals surface area contributed by atoms with Gasteiger partial charge in [-0.3, -0.25) is 14.5 Å². The fraction of sp³-hybridized carbons (Fsp3) is 0.850. The molecule has 3 rings (SSSR count). The largest absolute Gasteiger partial charge is 0.375 e. The lowest BCUT2D eigenvalue weighted by Crippen LogP contribution is -2.64. The first-order valence-corrected chi connectivity index (χ1v) is 10.8. The van der Waals surface area contributed by atoms with Crippen molar-refractivity contribution in [2.75, 3.05) is 33.4 Å². The number of piperazine rings is 1. The lowest BCUT2D eigenvalue weighted by atomic mass is 10.0. The lowest BCUT2D eigenvalue weighted by Gasteiger charge is -2.45. The molecule has 2 aliphatic heterocycles. The summed E-state index contributed by atoms with van der Waals surface area (Å²) < 4.78 is 4.88. The molecule has 3 atom stereocenters. The third-order valence-corrected chi connectivity index (χ3v) is 6.12. The molecule has 0 aromatic carbocycles. The molecular weight excluding hydrogens is 374 g/mol. The molecular formula is C20H35N5O4. The van der Waals surface area contributed by atoms with E-state index in [0.717, 1.165) is 25.8 Å². The number of carbonyl (C=O) groups is 3. The molecule has 2 heterocycles. The molecule has 3 fully saturated rings. The second kappa shape index (κ2) is 9.75. The minimum absolute atomic E-state index is 0.00631. The molecule has 9 heteroatoms. The van der Waals surface area contributed by atoms with Gasteiger partial charge in [0.2, 0.25) is 11.8 Å². The van der Waals surface area contributed by atoms with Gasteiger partial charge in [0.05, 0.1) is 6.04 Å².